The zero-order valence-corrected chi connectivity index (χ0v) is 12.5. The lowest BCUT2D eigenvalue weighted by atomic mass is 9.87. The van der Waals surface area contributed by atoms with E-state index in [1.165, 1.54) is 17.2 Å². The van der Waals surface area contributed by atoms with Crippen LogP contribution in [0, 0.1) is 5.82 Å². The summed E-state index contributed by atoms with van der Waals surface area (Å²) in [5, 5.41) is 0. The molecule has 0 saturated carbocycles. The second-order valence-corrected chi connectivity index (χ2v) is 5.63. The van der Waals surface area contributed by atoms with Gasteiger partial charge in [-0.2, -0.15) is 0 Å². The molecule has 0 saturated heterocycles. The first kappa shape index (κ1) is 14.5. The highest BCUT2D eigenvalue weighted by Gasteiger charge is 2.13. The third-order valence-electron chi connectivity index (χ3n) is 3.97. The fourth-order valence-corrected chi connectivity index (χ4v) is 2.88. The van der Waals surface area contributed by atoms with Gasteiger partial charge < -0.3 is 0 Å². The van der Waals surface area contributed by atoms with Crippen molar-refractivity contribution >= 4 is 0 Å². The van der Waals surface area contributed by atoms with E-state index < -0.39 is 0 Å². The molecule has 0 amide bonds. The largest absolute Gasteiger partial charge is 0.207 e. The van der Waals surface area contributed by atoms with Gasteiger partial charge in [0.05, 0.1) is 0 Å². The molecular weight excluding hydrogens is 271 g/mol. The molecule has 0 N–H and O–H groups in total. The Kier molecular flexibility index (Phi) is 4.65. The van der Waals surface area contributed by atoms with E-state index in [2.05, 4.69) is 48.5 Å². The molecule has 0 aromatic heterocycles. The molecular formula is C21H19F. The normalized spacial score (nSPS) is 12.0. The Morgan fingerprint density at radius 1 is 0.636 bits per heavy atom. The topological polar surface area (TPSA) is 0 Å². The van der Waals surface area contributed by atoms with Gasteiger partial charge in [0.1, 0.15) is 5.82 Å². The van der Waals surface area contributed by atoms with Crippen LogP contribution >= 0.6 is 0 Å². The Labute approximate surface area is 131 Å². The molecule has 3 aromatic rings. The van der Waals surface area contributed by atoms with Crippen molar-refractivity contribution in [2.45, 2.75) is 18.8 Å². The van der Waals surface area contributed by atoms with Gasteiger partial charge in [-0.3, -0.25) is 0 Å². The van der Waals surface area contributed by atoms with E-state index in [9.17, 15) is 4.39 Å². The third-order valence-corrected chi connectivity index (χ3v) is 3.97. The average Bonchev–Trinajstić information content (AvgIpc) is 2.56. The van der Waals surface area contributed by atoms with E-state index in [0.29, 0.717) is 5.92 Å². The van der Waals surface area contributed by atoms with Crippen molar-refractivity contribution in [3.63, 3.8) is 0 Å². The Bertz CT molecular complexity index is 704. The molecule has 1 atom stereocenters. The summed E-state index contributed by atoms with van der Waals surface area (Å²) >= 11 is 0. The van der Waals surface area contributed by atoms with E-state index in [4.69, 9.17) is 0 Å². The molecule has 0 heterocycles. The molecule has 1 heteroatoms. The highest BCUT2D eigenvalue weighted by Crippen LogP contribution is 2.25. The lowest BCUT2D eigenvalue weighted by Gasteiger charge is -2.18. The SMILES string of the molecule is Fc1cccc(C[C@@H](Cc2ccccc2)c2ccccc2)c1. The van der Waals surface area contributed by atoms with E-state index in [1.807, 2.05) is 18.2 Å². The molecule has 110 valence electrons. The molecule has 22 heavy (non-hydrogen) atoms. The van der Waals surface area contributed by atoms with Crippen LogP contribution in [0.2, 0.25) is 0 Å². The maximum absolute atomic E-state index is 13.4. The summed E-state index contributed by atoms with van der Waals surface area (Å²) in [4.78, 5) is 0. The van der Waals surface area contributed by atoms with Crippen molar-refractivity contribution in [2.75, 3.05) is 0 Å². The first-order valence-electron chi connectivity index (χ1n) is 7.64. The molecule has 0 aliphatic heterocycles. The third kappa shape index (κ3) is 3.82. The van der Waals surface area contributed by atoms with Crippen molar-refractivity contribution < 1.29 is 4.39 Å². The van der Waals surface area contributed by atoms with Crippen LogP contribution in [0.1, 0.15) is 22.6 Å². The molecule has 3 rings (SSSR count). The Morgan fingerprint density at radius 3 is 1.91 bits per heavy atom. The fraction of sp³-hybridized carbons (Fsp3) is 0.143. The zero-order chi connectivity index (χ0) is 15.2. The summed E-state index contributed by atoms with van der Waals surface area (Å²) < 4.78 is 13.4. The summed E-state index contributed by atoms with van der Waals surface area (Å²) in [6, 6.07) is 27.9. The quantitative estimate of drug-likeness (QED) is 0.590. The summed E-state index contributed by atoms with van der Waals surface area (Å²) in [6.07, 6.45) is 1.80. The van der Waals surface area contributed by atoms with Crippen LogP contribution in [0.3, 0.4) is 0 Å². The van der Waals surface area contributed by atoms with Crippen LogP contribution in [0.5, 0.6) is 0 Å². The van der Waals surface area contributed by atoms with Crippen molar-refractivity contribution in [1.29, 1.82) is 0 Å². The van der Waals surface area contributed by atoms with Crippen LogP contribution < -0.4 is 0 Å². The van der Waals surface area contributed by atoms with Crippen LogP contribution in [0.4, 0.5) is 4.39 Å². The predicted octanol–water partition coefficient (Wildman–Crippen LogP) is 5.39. The van der Waals surface area contributed by atoms with Gasteiger partial charge in [0.25, 0.3) is 0 Å². The molecule has 0 aliphatic rings. The average molecular weight is 290 g/mol. The number of halogens is 1. The number of hydrogen-bond donors (Lipinski definition) is 0. The molecule has 0 nitrogen and oxygen atoms in total. The smallest absolute Gasteiger partial charge is 0.123 e. The van der Waals surface area contributed by atoms with Crippen molar-refractivity contribution in [3.05, 3.63) is 107 Å². The molecule has 0 aliphatic carbocycles. The Balaban J connectivity index is 1.86. The van der Waals surface area contributed by atoms with E-state index in [1.54, 1.807) is 12.1 Å². The molecule has 0 bridgehead atoms. The first-order valence-corrected chi connectivity index (χ1v) is 7.64. The minimum absolute atomic E-state index is 0.163. The van der Waals surface area contributed by atoms with Gasteiger partial charge in [-0.05, 0) is 47.6 Å². The van der Waals surface area contributed by atoms with Crippen LogP contribution in [0.25, 0.3) is 0 Å². The minimum Gasteiger partial charge on any atom is -0.207 e. The van der Waals surface area contributed by atoms with E-state index >= 15 is 0 Å². The van der Waals surface area contributed by atoms with E-state index in [0.717, 1.165) is 18.4 Å². The van der Waals surface area contributed by atoms with Gasteiger partial charge in [-0.1, -0.05) is 72.8 Å². The number of benzene rings is 3. The monoisotopic (exact) mass is 290 g/mol. The van der Waals surface area contributed by atoms with Gasteiger partial charge in [-0.15, -0.1) is 0 Å². The fourth-order valence-electron chi connectivity index (χ4n) is 2.88. The molecule has 0 spiro atoms. The van der Waals surface area contributed by atoms with E-state index in [-0.39, 0.29) is 5.82 Å². The summed E-state index contributed by atoms with van der Waals surface area (Å²) in [7, 11) is 0. The second-order valence-electron chi connectivity index (χ2n) is 5.63. The van der Waals surface area contributed by atoms with Gasteiger partial charge in [-0.25, -0.2) is 4.39 Å². The van der Waals surface area contributed by atoms with Crippen molar-refractivity contribution in [3.8, 4) is 0 Å². The predicted molar refractivity (Wildman–Crippen MR) is 89.4 cm³/mol. The maximum Gasteiger partial charge on any atom is 0.123 e. The Hall–Kier alpha value is -2.41. The standard InChI is InChI=1S/C21H19F/c22-21-13-7-10-18(16-21)15-20(19-11-5-2-6-12-19)14-17-8-3-1-4-9-17/h1-13,16,20H,14-15H2/t20-/m1/s1. The summed E-state index contributed by atoms with van der Waals surface area (Å²) in [6.45, 7) is 0. The Morgan fingerprint density at radius 2 is 1.23 bits per heavy atom. The van der Waals surface area contributed by atoms with Crippen LogP contribution in [0.15, 0.2) is 84.9 Å². The van der Waals surface area contributed by atoms with Gasteiger partial charge >= 0.3 is 0 Å². The van der Waals surface area contributed by atoms with Crippen molar-refractivity contribution in [2.24, 2.45) is 0 Å². The highest BCUT2D eigenvalue weighted by molar-refractivity contribution is 5.28. The second kappa shape index (κ2) is 7.04. The lowest BCUT2D eigenvalue weighted by molar-refractivity contribution is 0.619. The zero-order valence-electron chi connectivity index (χ0n) is 12.5. The highest BCUT2D eigenvalue weighted by atomic mass is 19.1. The molecule has 3 aromatic carbocycles. The lowest BCUT2D eigenvalue weighted by Crippen LogP contribution is -2.07. The number of hydrogen-bond acceptors (Lipinski definition) is 0. The van der Waals surface area contributed by atoms with Gasteiger partial charge in [0.2, 0.25) is 0 Å². The van der Waals surface area contributed by atoms with Crippen LogP contribution in [-0.2, 0) is 12.8 Å². The minimum atomic E-state index is -0.163. The van der Waals surface area contributed by atoms with Crippen molar-refractivity contribution in [1.82, 2.24) is 0 Å². The molecule has 0 unspecified atom stereocenters. The van der Waals surface area contributed by atoms with Crippen LogP contribution in [-0.4, -0.2) is 0 Å². The van der Waals surface area contributed by atoms with Gasteiger partial charge in [0, 0.05) is 0 Å². The molecule has 0 fully saturated rings. The number of rotatable bonds is 5. The maximum atomic E-state index is 13.4. The first-order chi connectivity index (χ1) is 10.8. The summed E-state index contributed by atoms with van der Waals surface area (Å²) in [5.41, 5.74) is 3.66. The van der Waals surface area contributed by atoms with Gasteiger partial charge in [0.15, 0.2) is 0 Å². The summed E-state index contributed by atoms with van der Waals surface area (Å²) in [5.74, 6) is 0.189. The molecule has 0 radical (unpaired) electrons.